The number of hydrogen-bond acceptors (Lipinski definition) is 6. The second-order valence-electron chi connectivity index (χ2n) is 8.08. The van der Waals surface area contributed by atoms with Crippen molar-refractivity contribution in [3.63, 3.8) is 0 Å². The highest BCUT2D eigenvalue weighted by Crippen LogP contribution is 2.30. The summed E-state index contributed by atoms with van der Waals surface area (Å²) in [6, 6.07) is 6.92. The second kappa shape index (κ2) is 8.93. The molecule has 0 saturated carbocycles. The number of rotatable bonds is 6. The molecule has 2 aromatic rings. The minimum Gasteiger partial charge on any atom is -0.467 e. The van der Waals surface area contributed by atoms with E-state index in [2.05, 4.69) is 10.7 Å². The highest BCUT2D eigenvalue weighted by molar-refractivity contribution is 6.33. The van der Waals surface area contributed by atoms with Crippen molar-refractivity contribution < 1.29 is 18.8 Å². The van der Waals surface area contributed by atoms with E-state index in [0.29, 0.717) is 23.0 Å². The summed E-state index contributed by atoms with van der Waals surface area (Å²) in [4.78, 5) is 42.2. The molecule has 0 radical (unpaired) electrons. The molecule has 0 spiro atoms. The van der Waals surface area contributed by atoms with Gasteiger partial charge in [0, 0.05) is 12.6 Å². The molecule has 3 unspecified atom stereocenters. The van der Waals surface area contributed by atoms with Crippen molar-refractivity contribution in [3.05, 3.63) is 52.9 Å². The van der Waals surface area contributed by atoms with E-state index in [0.717, 1.165) is 10.5 Å². The lowest BCUT2D eigenvalue weighted by Gasteiger charge is -2.43. The Labute approximate surface area is 191 Å². The van der Waals surface area contributed by atoms with Crippen LogP contribution in [0.1, 0.15) is 25.2 Å². The number of urea groups is 1. The molecule has 2 saturated heterocycles. The smallest absolute Gasteiger partial charge is 0.328 e. The van der Waals surface area contributed by atoms with Crippen molar-refractivity contribution in [3.8, 4) is 0 Å². The van der Waals surface area contributed by atoms with Gasteiger partial charge < -0.3 is 14.6 Å². The summed E-state index contributed by atoms with van der Waals surface area (Å²) in [6.45, 7) is 6.09. The molecule has 2 N–H and O–H groups in total. The van der Waals surface area contributed by atoms with Crippen LogP contribution in [0.5, 0.6) is 0 Å². The zero-order valence-electron chi connectivity index (χ0n) is 18.2. The lowest BCUT2D eigenvalue weighted by molar-refractivity contribution is -0.140. The number of nitrogens with one attached hydrogen (secondary N) is 2. The Balaban J connectivity index is 1.59. The van der Waals surface area contributed by atoms with Gasteiger partial charge in [-0.25, -0.2) is 15.2 Å². The fourth-order valence-electron chi connectivity index (χ4n) is 4.36. The number of hydrazine groups is 1. The molecule has 4 amide bonds. The summed E-state index contributed by atoms with van der Waals surface area (Å²) in [6.07, 6.45) is 1.49. The van der Waals surface area contributed by atoms with Crippen LogP contribution in [0.2, 0.25) is 5.02 Å². The van der Waals surface area contributed by atoms with Crippen molar-refractivity contribution >= 4 is 35.1 Å². The number of carbonyl (C=O) groups excluding carboxylic acids is 3. The van der Waals surface area contributed by atoms with Gasteiger partial charge in [-0.3, -0.25) is 14.5 Å². The van der Waals surface area contributed by atoms with Crippen molar-refractivity contribution in [1.29, 1.82) is 0 Å². The van der Waals surface area contributed by atoms with Gasteiger partial charge in [-0.15, -0.1) is 0 Å². The third kappa shape index (κ3) is 4.11. The van der Waals surface area contributed by atoms with Crippen LogP contribution in [0.15, 0.2) is 41.0 Å². The molecule has 3 heterocycles. The minimum absolute atomic E-state index is 0.00172. The zero-order chi connectivity index (χ0) is 23.0. The number of amides is 4. The summed E-state index contributed by atoms with van der Waals surface area (Å²) in [7, 11) is 0. The van der Waals surface area contributed by atoms with Crippen molar-refractivity contribution in [2.45, 2.75) is 45.4 Å². The number of imide groups is 1. The summed E-state index contributed by atoms with van der Waals surface area (Å²) in [5.74, 6) is -0.214. The first-order valence-electron chi connectivity index (χ1n) is 10.5. The maximum absolute atomic E-state index is 13.4. The maximum Gasteiger partial charge on any atom is 0.328 e. The van der Waals surface area contributed by atoms with E-state index in [1.54, 1.807) is 24.3 Å². The zero-order valence-corrected chi connectivity index (χ0v) is 18.9. The van der Waals surface area contributed by atoms with Crippen molar-refractivity contribution in [2.75, 3.05) is 18.4 Å². The molecule has 1 aromatic carbocycles. The van der Waals surface area contributed by atoms with Gasteiger partial charge in [-0.1, -0.05) is 24.6 Å². The summed E-state index contributed by atoms with van der Waals surface area (Å²) >= 11 is 6.24. The van der Waals surface area contributed by atoms with Crippen LogP contribution in [-0.2, 0) is 16.1 Å². The van der Waals surface area contributed by atoms with Crippen LogP contribution >= 0.6 is 11.6 Å². The van der Waals surface area contributed by atoms with E-state index < -0.39 is 24.0 Å². The molecule has 2 aliphatic heterocycles. The highest BCUT2D eigenvalue weighted by Gasteiger charge is 2.55. The molecule has 4 rings (SSSR count). The van der Waals surface area contributed by atoms with Gasteiger partial charge in [-0.05, 0) is 43.7 Å². The van der Waals surface area contributed by atoms with Gasteiger partial charge in [0.15, 0.2) is 0 Å². The standard InChI is InChI=1S/C22H26ClN5O4/c1-4-28-20-19(14(3)25-28)26(12-18(29)24-17-8-7-13(2)10-16(17)23)22(31)27(21(20)30)11-15-6-5-9-32-15/h5-10,14,19-20,25H,4,11-12H2,1-3H3,(H,24,29). The van der Waals surface area contributed by atoms with E-state index >= 15 is 0 Å². The number of furan rings is 1. The van der Waals surface area contributed by atoms with Crippen LogP contribution in [0.3, 0.4) is 0 Å². The molecule has 2 fully saturated rings. The first-order chi connectivity index (χ1) is 15.3. The fraction of sp³-hybridized carbons (Fsp3) is 0.409. The Morgan fingerprint density at radius 3 is 2.72 bits per heavy atom. The first kappa shape index (κ1) is 22.3. The van der Waals surface area contributed by atoms with Gasteiger partial charge >= 0.3 is 6.03 Å². The third-order valence-electron chi connectivity index (χ3n) is 5.84. The van der Waals surface area contributed by atoms with Crippen molar-refractivity contribution in [1.82, 2.24) is 20.2 Å². The molecule has 170 valence electrons. The van der Waals surface area contributed by atoms with E-state index in [9.17, 15) is 14.4 Å². The average molecular weight is 460 g/mol. The number of carbonyl (C=O) groups is 3. The topological polar surface area (TPSA) is 98.1 Å². The van der Waals surface area contributed by atoms with Crippen molar-refractivity contribution in [2.24, 2.45) is 0 Å². The Morgan fingerprint density at radius 1 is 1.28 bits per heavy atom. The number of hydrogen-bond donors (Lipinski definition) is 2. The molecule has 0 aliphatic carbocycles. The Kier molecular flexibility index (Phi) is 6.23. The van der Waals surface area contributed by atoms with Crippen LogP contribution in [0, 0.1) is 6.92 Å². The molecule has 1 aromatic heterocycles. The fourth-order valence-corrected chi connectivity index (χ4v) is 4.65. The Hall–Kier alpha value is -2.88. The van der Waals surface area contributed by atoms with Crippen LogP contribution in [-0.4, -0.2) is 63.9 Å². The second-order valence-corrected chi connectivity index (χ2v) is 8.49. The molecule has 10 heteroatoms. The van der Waals surface area contributed by atoms with E-state index in [4.69, 9.17) is 16.0 Å². The van der Waals surface area contributed by atoms with E-state index in [1.807, 2.05) is 31.8 Å². The normalized spacial score (nSPS) is 23.6. The van der Waals surface area contributed by atoms with E-state index in [-0.39, 0.29) is 25.0 Å². The van der Waals surface area contributed by atoms with E-state index in [1.165, 1.54) is 11.2 Å². The molecular weight excluding hydrogens is 434 g/mol. The Bertz CT molecular complexity index is 1030. The summed E-state index contributed by atoms with van der Waals surface area (Å²) in [5.41, 5.74) is 4.70. The molecule has 2 aliphatic rings. The van der Waals surface area contributed by atoms with Gasteiger partial charge in [0.1, 0.15) is 18.3 Å². The summed E-state index contributed by atoms with van der Waals surface area (Å²) < 4.78 is 5.35. The number of halogens is 1. The van der Waals surface area contributed by atoms with Crippen LogP contribution in [0.25, 0.3) is 0 Å². The summed E-state index contributed by atoms with van der Waals surface area (Å²) in [5, 5.41) is 5.02. The highest BCUT2D eigenvalue weighted by atomic mass is 35.5. The Morgan fingerprint density at radius 2 is 2.06 bits per heavy atom. The average Bonchev–Trinajstić information content (AvgIpc) is 3.38. The first-order valence-corrected chi connectivity index (χ1v) is 10.9. The predicted octanol–water partition coefficient (Wildman–Crippen LogP) is 2.61. The molecular formula is C22H26ClN5O4. The maximum atomic E-state index is 13.4. The van der Waals surface area contributed by atoms with Crippen LogP contribution < -0.4 is 10.7 Å². The molecule has 3 atom stereocenters. The quantitative estimate of drug-likeness (QED) is 0.689. The lowest BCUT2D eigenvalue weighted by atomic mass is 9.97. The SMILES string of the molecule is CCN1NC(C)C2C1C(=O)N(Cc1ccco1)C(=O)N2CC(=O)Nc1ccc(C)cc1Cl. The molecule has 9 nitrogen and oxygen atoms in total. The lowest BCUT2D eigenvalue weighted by Crippen LogP contribution is -2.67. The monoisotopic (exact) mass is 459 g/mol. The minimum atomic E-state index is -0.599. The molecule has 32 heavy (non-hydrogen) atoms. The number of nitrogens with zero attached hydrogens (tertiary/aromatic N) is 3. The predicted molar refractivity (Wildman–Crippen MR) is 119 cm³/mol. The third-order valence-corrected chi connectivity index (χ3v) is 6.16. The number of likely N-dealkylation sites (N-methyl/N-ethyl adjacent to an activating group) is 1. The number of aryl methyl sites for hydroxylation is 1. The number of benzene rings is 1. The van der Waals surface area contributed by atoms with Gasteiger partial charge in [0.2, 0.25) is 5.91 Å². The number of anilines is 1. The van der Waals surface area contributed by atoms with Gasteiger partial charge in [-0.2, -0.15) is 0 Å². The molecule has 0 bridgehead atoms. The van der Waals surface area contributed by atoms with Gasteiger partial charge in [0.25, 0.3) is 5.91 Å². The largest absolute Gasteiger partial charge is 0.467 e. The number of fused-ring (bicyclic) bond motifs is 1. The van der Waals surface area contributed by atoms with Gasteiger partial charge in [0.05, 0.1) is 29.6 Å². The van der Waals surface area contributed by atoms with Crippen LogP contribution in [0.4, 0.5) is 10.5 Å².